The topological polar surface area (TPSA) is 30.5 Å². The zero-order chi connectivity index (χ0) is 13.4. The lowest BCUT2D eigenvalue weighted by atomic mass is 10.1. The molecule has 18 heavy (non-hydrogen) atoms. The van der Waals surface area contributed by atoms with Crippen molar-refractivity contribution in [2.75, 3.05) is 19.8 Å². The van der Waals surface area contributed by atoms with Crippen LogP contribution in [0.3, 0.4) is 0 Å². The van der Waals surface area contributed by atoms with Gasteiger partial charge in [-0.25, -0.2) is 0 Å². The molecule has 1 rings (SSSR count). The normalized spacial score (nSPS) is 12.7. The minimum absolute atomic E-state index is 0.258. The molecular weight excluding hydrogens is 226 g/mol. The molecule has 0 heterocycles. The monoisotopic (exact) mass is 251 g/mol. The quantitative estimate of drug-likeness (QED) is 0.720. The van der Waals surface area contributed by atoms with Crippen molar-refractivity contribution in [1.82, 2.24) is 5.32 Å². The molecule has 0 aliphatic rings. The third-order valence-corrected chi connectivity index (χ3v) is 2.67. The fourth-order valence-corrected chi connectivity index (χ4v) is 1.74. The minimum atomic E-state index is 0.258. The summed E-state index contributed by atoms with van der Waals surface area (Å²) in [5, 5.41) is 3.39. The Morgan fingerprint density at radius 3 is 2.61 bits per heavy atom. The van der Waals surface area contributed by atoms with E-state index in [1.165, 1.54) is 5.56 Å². The molecule has 0 aliphatic carbocycles. The number of rotatable bonds is 8. The Bertz CT molecular complexity index is 339. The summed E-state index contributed by atoms with van der Waals surface area (Å²) in [5.74, 6) is 0.907. The predicted molar refractivity (Wildman–Crippen MR) is 75.1 cm³/mol. The molecule has 0 radical (unpaired) electrons. The second-order valence-corrected chi connectivity index (χ2v) is 4.62. The number of hydrogen-bond donors (Lipinski definition) is 1. The van der Waals surface area contributed by atoms with Crippen molar-refractivity contribution in [1.29, 1.82) is 0 Å². The van der Waals surface area contributed by atoms with Crippen molar-refractivity contribution >= 4 is 0 Å². The van der Waals surface area contributed by atoms with Crippen molar-refractivity contribution in [3.8, 4) is 5.75 Å². The van der Waals surface area contributed by atoms with Gasteiger partial charge in [0, 0.05) is 6.04 Å². The van der Waals surface area contributed by atoms with E-state index in [9.17, 15) is 0 Å². The molecule has 0 spiro atoms. The predicted octanol–water partition coefficient (Wildman–Crippen LogP) is 3.16. The van der Waals surface area contributed by atoms with Crippen LogP contribution >= 0.6 is 0 Å². The first-order valence-electron chi connectivity index (χ1n) is 6.71. The Balaban J connectivity index is 2.44. The molecule has 0 aromatic heterocycles. The summed E-state index contributed by atoms with van der Waals surface area (Å²) >= 11 is 0. The summed E-state index contributed by atoms with van der Waals surface area (Å²) in [4.78, 5) is 0. The van der Waals surface area contributed by atoms with E-state index in [-0.39, 0.29) is 6.10 Å². The van der Waals surface area contributed by atoms with Crippen LogP contribution in [0, 0.1) is 0 Å². The Morgan fingerprint density at radius 2 is 1.94 bits per heavy atom. The molecule has 1 atom stereocenters. The summed E-state index contributed by atoms with van der Waals surface area (Å²) in [6.07, 6.45) is 0.258. The van der Waals surface area contributed by atoms with Gasteiger partial charge in [-0.3, -0.25) is 0 Å². The largest absolute Gasteiger partial charge is 0.491 e. The van der Waals surface area contributed by atoms with Crippen molar-refractivity contribution in [2.24, 2.45) is 0 Å². The van der Waals surface area contributed by atoms with Crippen molar-refractivity contribution in [3.63, 3.8) is 0 Å². The smallest absolute Gasteiger partial charge is 0.119 e. The van der Waals surface area contributed by atoms with Crippen molar-refractivity contribution < 1.29 is 9.47 Å². The number of nitrogens with one attached hydrogen (secondary N) is 1. The van der Waals surface area contributed by atoms with Crippen LogP contribution in [-0.4, -0.2) is 25.9 Å². The summed E-state index contributed by atoms with van der Waals surface area (Å²) in [6, 6.07) is 8.57. The summed E-state index contributed by atoms with van der Waals surface area (Å²) in [7, 11) is 0. The highest BCUT2D eigenvalue weighted by Gasteiger charge is 2.04. The van der Waals surface area contributed by atoms with Crippen LogP contribution in [0.5, 0.6) is 5.75 Å². The second kappa shape index (κ2) is 8.11. The van der Waals surface area contributed by atoms with Crippen LogP contribution in [0.4, 0.5) is 0 Å². The van der Waals surface area contributed by atoms with Gasteiger partial charge < -0.3 is 14.8 Å². The van der Waals surface area contributed by atoms with Gasteiger partial charge in [-0.2, -0.15) is 0 Å². The van der Waals surface area contributed by atoms with Crippen LogP contribution in [0.2, 0.25) is 0 Å². The van der Waals surface area contributed by atoms with Gasteiger partial charge >= 0.3 is 0 Å². The van der Waals surface area contributed by atoms with E-state index in [1.54, 1.807) is 0 Å². The van der Waals surface area contributed by atoms with Crippen LogP contribution in [0.15, 0.2) is 24.3 Å². The maximum atomic E-state index is 5.67. The lowest BCUT2D eigenvalue weighted by Gasteiger charge is -2.14. The molecule has 1 aromatic rings. The average Bonchev–Trinajstić information content (AvgIpc) is 2.35. The van der Waals surface area contributed by atoms with Crippen LogP contribution in [0.25, 0.3) is 0 Å². The summed E-state index contributed by atoms with van der Waals surface area (Å²) in [6.45, 7) is 10.5. The van der Waals surface area contributed by atoms with E-state index in [2.05, 4.69) is 31.3 Å². The highest BCUT2D eigenvalue weighted by Crippen LogP contribution is 2.18. The molecule has 3 nitrogen and oxygen atoms in total. The molecule has 0 aliphatic heterocycles. The number of ether oxygens (including phenoxy) is 2. The molecule has 3 heteroatoms. The zero-order valence-corrected chi connectivity index (χ0v) is 11.9. The number of hydrogen-bond acceptors (Lipinski definition) is 3. The van der Waals surface area contributed by atoms with Gasteiger partial charge in [-0.05, 0) is 45.0 Å². The zero-order valence-electron chi connectivity index (χ0n) is 11.9. The Labute approximate surface area is 110 Å². The van der Waals surface area contributed by atoms with Crippen LogP contribution < -0.4 is 10.1 Å². The molecular formula is C15H25NO2. The Morgan fingerprint density at radius 1 is 1.17 bits per heavy atom. The summed E-state index contributed by atoms with van der Waals surface area (Å²) in [5.41, 5.74) is 1.25. The molecule has 0 fully saturated rings. The van der Waals surface area contributed by atoms with E-state index in [0.717, 1.165) is 12.3 Å². The maximum Gasteiger partial charge on any atom is 0.119 e. The molecule has 0 amide bonds. The van der Waals surface area contributed by atoms with Gasteiger partial charge in [0.15, 0.2) is 0 Å². The first-order chi connectivity index (χ1) is 8.63. The van der Waals surface area contributed by atoms with E-state index < -0.39 is 0 Å². The minimum Gasteiger partial charge on any atom is -0.491 e. The summed E-state index contributed by atoms with van der Waals surface area (Å²) < 4.78 is 11.1. The number of benzene rings is 1. The third-order valence-electron chi connectivity index (χ3n) is 2.67. The Kier molecular flexibility index (Phi) is 6.76. The van der Waals surface area contributed by atoms with Crippen LogP contribution in [-0.2, 0) is 4.74 Å². The molecule has 1 unspecified atom stereocenters. The van der Waals surface area contributed by atoms with Crippen molar-refractivity contribution in [2.45, 2.75) is 39.8 Å². The van der Waals surface area contributed by atoms with E-state index in [1.807, 2.05) is 26.0 Å². The van der Waals surface area contributed by atoms with Gasteiger partial charge in [0.05, 0.1) is 12.7 Å². The Hall–Kier alpha value is -1.06. The van der Waals surface area contributed by atoms with Gasteiger partial charge in [0.1, 0.15) is 12.4 Å². The van der Waals surface area contributed by atoms with Gasteiger partial charge in [0.2, 0.25) is 0 Å². The second-order valence-electron chi connectivity index (χ2n) is 4.62. The highest BCUT2D eigenvalue weighted by atomic mass is 16.5. The lowest BCUT2D eigenvalue weighted by molar-refractivity contribution is 0.0552. The maximum absolute atomic E-state index is 5.67. The van der Waals surface area contributed by atoms with E-state index >= 15 is 0 Å². The fourth-order valence-electron chi connectivity index (χ4n) is 1.74. The molecule has 1 aromatic carbocycles. The fraction of sp³-hybridized carbons (Fsp3) is 0.600. The first kappa shape index (κ1) is 15.0. The molecule has 0 saturated heterocycles. The lowest BCUT2D eigenvalue weighted by Crippen LogP contribution is -2.17. The van der Waals surface area contributed by atoms with E-state index in [4.69, 9.17) is 9.47 Å². The highest BCUT2D eigenvalue weighted by molar-refractivity contribution is 5.30. The first-order valence-corrected chi connectivity index (χ1v) is 6.71. The van der Waals surface area contributed by atoms with Gasteiger partial charge in [-0.15, -0.1) is 0 Å². The molecule has 102 valence electrons. The standard InChI is InChI=1S/C15H25NO2/c1-5-16-13(4)14-7-6-8-15(11-14)18-10-9-17-12(2)3/h6-8,11-13,16H,5,9-10H2,1-4H3. The van der Waals surface area contributed by atoms with E-state index in [0.29, 0.717) is 19.3 Å². The third kappa shape index (κ3) is 5.52. The molecule has 0 bridgehead atoms. The molecule has 0 saturated carbocycles. The SMILES string of the molecule is CCNC(C)c1cccc(OCCOC(C)C)c1. The van der Waals surface area contributed by atoms with Crippen molar-refractivity contribution in [3.05, 3.63) is 29.8 Å². The van der Waals surface area contributed by atoms with Gasteiger partial charge in [0.25, 0.3) is 0 Å². The van der Waals surface area contributed by atoms with Crippen LogP contribution in [0.1, 0.15) is 39.3 Å². The average molecular weight is 251 g/mol. The van der Waals surface area contributed by atoms with Gasteiger partial charge in [-0.1, -0.05) is 19.1 Å². The molecule has 1 N–H and O–H groups in total.